The number of rotatable bonds is 9. The van der Waals surface area contributed by atoms with E-state index in [1.165, 1.54) is 14.0 Å². The maximum absolute atomic E-state index is 12.7. The maximum atomic E-state index is 12.7. The lowest BCUT2D eigenvalue weighted by Gasteiger charge is -2.12. The summed E-state index contributed by atoms with van der Waals surface area (Å²) in [5, 5.41) is 5.40. The summed E-state index contributed by atoms with van der Waals surface area (Å²) in [5.41, 5.74) is 1.73. The molecule has 2 aromatic rings. The molecule has 2 N–H and O–H groups in total. The summed E-state index contributed by atoms with van der Waals surface area (Å²) >= 11 is 0. The molecule has 0 aromatic heterocycles. The number of benzene rings is 2. The molecule has 0 saturated heterocycles. The van der Waals surface area contributed by atoms with Crippen LogP contribution in [0.2, 0.25) is 0 Å². The minimum absolute atomic E-state index is 0.0949. The SMILES string of the molecule is COc1ccc(/C=C(/NC(C)=O)C(=O)NCc2ccc(OC(C)C)cc2)cc1OC. The fraction of sp³-hybridized carbons (Fsp3) is 0.304. The third-order valence-electron chi connectivity index (χ3n) is 4.02. The molecule has 30 heavy (non-hydrogen) atoms. The third kappa shape index (κ3) is 6.84. The van der Waals surface area contributed by atoms with Gasteiger partial charge in [0.05, 0.1) is 20.3 Å². The Morgan fingerprint density at radius 1 is 1.00 bits per heavy atom. The number of hydrogen-bond acceptors (Lipinski definition) is 5. The number of ether oxygens (including phenoxy) is 3. The minimum Gasteiger partial charge on any atom is -0.493 e. The quantitative estimate of drug-likeness (QED) is 0.618. The highest BCUT2D eigenvalue weighted by Gasteiger charge is 2.12. The second-order valence-corrected chi connectivity index (χ2v) is 6.85. The van der Waals surface area contributed by atoms with E-state index in [0.29, 0.717) is 23.6 Å². The molecule has 7 nitrogen and oxygen atoms in total. The van der Waals surface area contributed by atoms with Gasteiger partial charge < -0.3 is 24.8 Å². The lowest BCUT2D eigenvalue weighted by molar-refractivity contribution is -0.122. The number of nitrogens with one attached hydrogen (secondary N) is 2. The van der Waals surface area contributed by atoms with Crippen LogP contribution in [-0.2, 0) is 16.1 Å². The Bertz CT molecular complexity index is 904. The number of hydrogen-bond donors (Lipinski definition) is 2. The van der Waals surface area contributed by atoms with Gasteiger partial charge >= 0.3 is 0 Å². The summed E-state index contributed by atoms with van der Waals surface area (Å²) in [7, 11) is 3.08. The number of amides is 2. The zero-order valence-corrected chi connectivity index (χ0v) is 17.9. The first-order valence-electron chi connectivity index (χ1n) is 9.57. The zero-order valence-electron chi connectivity index (χ0n) is 17.9. The predicted octanol–water partition coefficient (Wildman–Crippen LogP) is 3.28. The molecule has 0 aliphatic carbocycles. The lowest BCUT2D eigenvalue weighted by Crippen LogP contribution is -2.33. The van der Waals surface area contributed by atoms with Crippen molar-refractivity contribution in [2.24, 2.45) is 0 Å². The lowest BCUT2D eigenvalue weighted by atomic mass is 10.1. The van der Waals surface area contributed by atoms with Crippen molar-refractivity contribution in [3.8, 4) is 17.2 Å². The highest BCUT2D eigenvalue weighted by atomic mass is 16.5. The van der Waals surface area contributed by atoms with E-state index < -0.39 is 5.91 Å². The Labute approximate surface area is 177 Å². The molecule has 0 heterocycles. The summed E-state index contributed by atoms with van der Waals surface area (Å²) < 4.78 is 16.1. The van der Waals surface area contributed by atoms with E-state index in [1.54, 1.807) is 31.4 Å². The number of methoxy groups -OCH3 is 2. The average Bonchev–Trinajstić information content (AvgIpc) is 2.71. The number of carbonyl (C=O) groups is 2. The fourth-order valence-electron chi connectivity index (χ4n) is 2.69. The molecule has 2 amide bonds. The van der Waals surface area contributed by atoms with Gasteiger partial charge in [0, 0.05) is 13.5 Å². The molecule has 0 radical (unpaired) electrons. The van der Waals surface area contributed by atoms with Gasteiger partial charge in [-0.1, -0.05) is 18.2 Å². The van der Waals surface area contributed by atoms with Crippen LogP contribution in [0.5, 0.6) is 17.2 Å². The van der Waals surface area contributed by atoms with Crippen molar-refractivity contribution in [3.63, 3.8) is 0 Å². The van der Waals surface area contributed by atoms with Crippen LogP contribution in [0.15, 0.2) is 48.2 Å². The molecule has 0 unspecified atom stereocenters. The van der Waals surface area contributed by atoms with Gasteiger partial charge in [0.25, 0.3) is 5.91 Å². The second kappa shape index (κ2) is 10.9. The Morgan fingerprint density at radius 3 is 2.23 bits per heavy atom. The summed E-state index contributed by atoms with van der Waals surface area (Å²) in [4.78, 5) is 24.3. The van der Waals surface area contributed by atoms with Gasteiger partial charge in [-0.25, -0.2) is 0 Å². The van der Waals surface area contributed by atoms with Crippen LogP contribution in [0.3, 0.4) is 0 Å². The normalized spacial score (nSPS) is 11.1. The summed E-state index contributed by atoms with van der Waals surface area (Å²) in [6, 6.07) is 12.7. The summed E-state index contributed by atoms with van der Waals surface area (Å²) in [6.07, 6.45) is 1.68. The summed E-state index contributed by atoms with van der Waals surface area (Å²) in [6.45, 7) is 5.58. The van der Waals surface area contributed by atoms with Gasteiger partial charge in [-0.15, -0.1) is 0 Å². The molecule has 0 aliphatic rings. The third-order valence-corrected chi connectivity index (χ3v) is 4.02. The molecule has 0 saturated carbocycles. The van der Waals surface area contributed by atoms with E-state index in [1.807, 2.05) is 38.1 Å². The van der Waals surface area contributed by atoms with Crippen LogP contribution >= 0.6 is 0 Å². The molecule has 0 bridgehead atoms. The van der Waals surface area contributed by atoms with Gasteiger partial charge in [0.15, 0.2) is 11.5 Å². The van der Waals surface area contributed by atoms with Crippen LogP contribution in [0, 0.1) is 0 Å². The van der Waals surface area contributed by atoms with Crippen molar-refractivity contribution >= 4 is 17.9 Å². The van der Waals surface area contributed by atoms with Gasteiger partial charge in [-0.2, -0.15) is 0 Å². The first-order valence-corrected chi connectivity index (χ1v) is 9.57. The van der Waals surface area contributed by atoms with Gasteiger partial charge in [-0.3, -0.25) is 9.59 Å². The molecule has 0 atom stereocenters. The monoisotopic (exact) mass is 412 g/mol. The van der Waals surface area contributed by atoms with Crippen molar-refractivity contribution in [3.05, 3.63) is 59.3 Å². The van der Waals surface area contributed by atoms with Gasteiger partial charge in [0.2, 0.25) is 5.91 Å². The van der Waals surface area contributed by atoms with Crippen LogP contribution in [0.4, 0.5) is 0 Å². The first kappa shape index (κ1) is 22.8. The standard InChI is InChI=1S/C23H28N2O5/c1-15(2)30-19-9-6-17(7-10-19)14-24-23(27)20(25-16(3)26)12-18-8-11-21(28-4)22(13-18)29-5/h6-13,15H,14H2,1-5H3,(H,24,27)(H,25,26)/b20-12+. The molecule has 0 fully saturated rings. The molecule has 0 spiro atoms. The molecule has 160 valence electrons. The first-order chi connectivity index (χ1) is 14.3. The van der Waals surface area contributed by atoms with Gasteiger partial charge in [-0.05, 0) is 55.3 Å². The Hall–Kier alpha value is -3.48. The van der Waals surface area contributed by atoms with E-state index in [0.717, 1.165) is 11.3 Å². The number of carbonyl (C=O) groups excluding carboxylic acids is 2. The molecule has 7 heteroatoms. The van der Waals surface area contributed by atoms with Crippen molar-refractivity contribution in [1.29, 1.82) is 0 Å². The summed E-state index contributed by atoms with van der Waals surface area (Å²) in [5.74, 6) is 1.13. The Kier molecular flexibility index (Phi) is 8.29. The highest BCUT2D eigenvalue weighted by molar-refractivity contribution is 6.00. The average molecular weight is 412 g/mol. The fourth-order valence-corrected chi connectivity index (χ4v) is 2.69. The maximum Gasteiger partial charge on any atom is 0.268 e. The van der Waals surface area contributed by atoms with Gasteiger partial charge in [0.1, 0.15) is 11.4 Å². The van der Waals surface area contributed by atoms with E-state index >= 15 is 0 Å². The minimum atomic E-state index is -0.400. The van der Waals surface area contributed by atoms with E-state index in [4.69, 9.17) is 14.2 Å². The Morgan fingerprint density at radius 2 is 1.67 bits per heavy atom. The second-order valence-electron chi connectivity index (χ2n) is 6.85. The van der Waals surface area contributed by atoms with Crippen molar-refractivity contribution in [2.45, 2.75) is 33.4 Å². The van der Waals surface area contributed by atoms with Crippen LogP contribution in [-0.4, -0.2) is 32.1 Å². The smallest absolute Gasteiger partial charge is 0.268 e. The van der Waals surface area contributed by atoms with Crippen LogP contribution in [0.1, 0.15) is 31.9 Å². The largest absolute Gasteiger partial charge is 0.493 e. The van der Waals surface area contributed by atoms with Crippen molar-refractivity contribution in [1.82, 2.24) is 10.6 Å². The molecule has 2 aromatic carbocycles. The van der Waals surface area contributed by atoms with E-state index in [9.17, 15) is 9.59 Å². The highest BCUT2D eigenvalue weighted by Crippen LogP contribution is 2.28. The van der Waals surface area contributed by atoms with Crippen LogP contribution < -0.4 is 24.8 Å². The predicted molar refractivity (Wildman–Crippen MR) is 115 cm³/mol. The van der Waals surface area contributed by atoms with Crippen molar-refractivity contribution < 1.29 is 23.8 Å². The van der Waals surface area contributed by atoms with E-state index in [2.05, 4.69) is 10.6 Å². The Balaban J connectivity index is 2.13. The topological polar surface area (TPSA) is 85.9 Å². The van der Waals surface area contributed by atoms with Crippen LogP contribution in [0.25, 0.3) is 6.08 Å². The molecule has 0 aliphatic heterocycles. The zero-order chi connectivity index (χ0) is 22.1. The van der Waals surface area contributed by atoms with Crippen molar-refractivity contribution in [2.75, 3.05) is 14.2 Å². The van der Waals surface area contributed by atoms with E-state index in [-0.39, 0.29) is 17.7 Å². The molecular formula is C23H28N2O5. The molecule has 2 rings (SSSR count). The molecular weight excluding hydrogens is 384 g/mol.